The number of carbonyl (C=O) groups is 2. The second-order valence-corrected chi connectivity index (χ2v) is 10.7. The van der Waals surface area contributed by atoms with Crippen molar-refractivity contribution in [2.75, 3.05) is 7.11 Å². The first-order valence-electron chi connectivity index (χ1n) is 14.0. The van der Waals surface area contributed by atoms with E-state index in [4.69, 9.17) is 0 Å². The molecule has 0 heterocycles. The molecule has 0 bridgehead atoms. The van der Waals surface area contributed by atoms with Crippen molar-refractivity contribution in [3.05, 3.63) is 135 Å². The molecule has 1 unspecified atom stereocenters. The standard InChI is InChI=1S/C33H20F13NO4/c1-50-28(49)17-4-2-16(3-5-17)15-30(19-7-9-26(36)24(13-19)32(42,43)44,20-11-21(34)14-22(12-20)51-33(45,46)29(37)38)47-27(48)18-6-8-25(35)23(10-18)31(39,40)41/h2-14,29H,15H2,1H3,(H,47,48). The van der Waals surface area contributed by atoms with Crippen molar-refractivity contribution in [3.63, 3.8) is 0 Å². The van der Waals surface area contributed by atoms with Crippen molar-refractivity contribution in [1.29, 1.82) is 0 Å². The summed E-state index contributed by atoms with van der Waals surface area (Å²) >= 11 is 0. The Bertz CT molecular complexity index is 1930. The van der Waals surface area contributed by atoms with Crippen molar-refractivity contribution in [3.8, 4) is 5.75 Å². The van der Waals surface area contributed by atoms with E-state index in [0.717, 1.165) is 31.4 Å². The Hall–Kier alpha value is -5.29. The quantitative estimate of drug-likeness (QED) is 0.130. The van der Waals surface area contributed by atoms with Crippen molar-refractivity contribution in [2.45, 2.75) is 36.8 Å². The van der Waals surface area contributed by atoms with Crippen LogP contribution in [0, 0.1) is 17.5 Å². The lowest BCUT2D eigenvalue weighted by atomic mass is 9.76. The molecule has 1 atom stereocenters. The lowest BCUT2D eigenvalue weighted by molar-refractivity contribution is -0.253. The largest absolute Gasteiger partial charge is 0.465 e. The SMILES string of the molecule is COC(=O)c1ccc(CC(NC(=O)c2ccc(F)c(C(F)(F)F)c2)(c2cc(F)cc(OC(F)(F)C(F)F)c2)c2ccc(F)c(C(F)(F)F)c2)cc1. The molecule has 51 heavy (non-hydrogen) atoms. The summed E-state index contributed by atoms with van der Waals surface area (Å²) in [6.07, 6.45) is -21.4. The van der Waals surface area contributed by atoms with Crippen molar-refractivity contribution >= 4 is 11.9 Å². The van der Waals surface area contributed by atoms with Crippen LogP contribution in [0.3, 0.4) is 0 Å². The molecule has 0 spiro atoms. The highest BCUT2D eigenvalue weighted by Gasteiger charge is 2.46. The Morgan fingerprint density at radius 3 is 1.78 bits per heavy atom. The van der Waals surface area contributed by atoms with Gasteiger partial charge in [-0.2, -0.15) is 43.9 Å². The molecule has 4 aromatic rings. The zero-order chi connectivity index (χ0) is 38.1. The van der Waals surface area contributed by atoms with E-state index in [0.29, 0.717) is 24.3 Å². The highest BCUT2D eigenvalue weighted by atomic mass is 19.4. The molecule has 0 fully saturated rings. The van der Waals surface area contributed by atoms with Gasteiger partial charge < -0.3 is 14.8 Å². The van der Waals surface area contributed by atoms with E-state index in [9.17, 15) is 62.3 Å². The molecule has 1 N–H and O–H groups in total. The molecule has 0 radical (unpaired) electrons. The van der Waals surface area contributed by atoms with Gasteiger partial charge in [-0.05, 0) is 71.3 Å². The Balaban J connectivity index is 2.07. The number of carbonyl (C=O) groups excluding carboxylic acids is 2. The second-order valence-electron chi connectivity index (χ2n) is 10.7. The van der Waals surface area contributed by atoms with Crippen molar-refractivity contribution in [1.82, 2.24) is 5.32 Å². The molecular formula is C33H20F13NO4. The van der Waals surface area contributed by atoms with E-state index in [2.05, 4.69) is 14.8 Å². The normalized spacial score (nSPS) is 13.5. The summed E-state index contributed by atoms with van der Waals surface area (Å²) < 4.78 is 189. The number of ether oxygens (including phenoxy) is 2. The van der Waals surface area contributed by atoms with Crippen LogP contribution in [0.15, 0.2) is 78.9 Å². The third-order valence-electron chi connectivity index (χ3n) is 7.34. The average Bonchev–Trinajstić information content (AvgIpc) is 3.03. The minimum atomic E-state index is -5.44. The van der Waals surface area contributed by atoms with Gasteiger partial charge in [0.25, 0.3) is 5.91 Å². The number of nitrogens with one attached hydrogen (secondary N) is 1. The zero-order valence-corrected chi connectivity index (χ0v) is 25.3. The van der Waals surface area contributed by atoms with Gasteiger partial charge in [0.15, 0.2) is 0 Å². The van der Waals surface area contributed by atoms with Gasteiger partial charge in [0.2, 0.25) is 0 Å². The van der Waals surface area contributed by atoms with Gasteiger partial charge in [0.05, 0.1) is 29.3 Å². The summed E-state index contributed by atoms with van der Waals surface area (Å²) in [5, 5.41) is 2.14. The Morgan fingerprint density at radius 2 is 1.24 bits per heavy atom. The van der Waals surface area contributed by atoms with Gasteiger partial charge in [-0.3, -0.25) is 4.79 Å². The first-order chi connectivity index (χ1) is 23.6. The molecule has 1 amide bonds. The average molecular weight is 742 g/mol. The van der Waals surface area contributed by atoms with Crippen LogP contribution in [0.1, 0.15) is 48.5 Å². The molecule has 0 aliphatic rings. The maximum absolute atomic E-state index is 15.1. The minimum Gasteiger partial charge on any atom is -0.465 e. The smallest absolute Gasteiger partial charge is 0.461 e. The van der Waals surface area contributed by atoms with Crippen LogP contribution in [-0.2, 0) is 29.0 Å². The van der Waals surface area contributed by atoms with Crippen LogP contribution in [0.5, 0.6) is 5.75 Å². The van der Waals surface area contributed by atoms with E-state index in [1.165, 1.54) is 0 Å². The van der Waals surface area contributed by atoms with E-state index >= 15 is 4.39 Å². The molecule has 4 rings (SSSR count). The summed E-state index contributed by atoms with van der Waals surface area (Å²) in [5.74, 6) is -9.05. The predicted molar refractivity (Wildman–Crippen MR) is 151 cm³/mol. The van der Waals surface area contributed by atoms with Crippen LogP contribution in [0.25, 0.3) is 0 Å². The van der Waals surface area contributed by atoms with Crippen LogP contribution in [0.4, 0.5) is 57.1 Å². The summed E-state index contributed by atoms with van der Waals surface area (Å²) in [6, 6.07) is 7.43. The van der Waals surface area contributed by atoms with E-state index in [-0.39, 0.29) is 41.5 Å². The Labute approximate surface area is 278 Å². The predicted octanol–water partition coefficient (Wildman–Crippen LogP) is 9.08. The lowest BCUT2D eigenvalue weighted by Gasteiger charge is -2.37. The molecule has 0 aliphatic heterocycles. The third-order valence-corrected chi connectivity index (χ3v) is 7.34. The van der Waals surface area contributed by atoms with Crippen LogP contribution >= 0.6 is 0 Å². The molecular weight excluding hydrogens is 721 g/mol. The van der Waals surface area contributed by atoms with Gasteiger partial charge in [-0.1, -0.05) is 18.2 Å². The highest BCUT2D eigenvalue weighted by Crippen LogP contribution is 2.41. The maximum Gasteiger partial charge on any atom is 0.461 e. The molecule has 272 valence electrons. The number of halogens is 13. The highest BCUT2D eigenvalue weighted by molar-refractivity contribution is 5.95. The number of hydrogen-bond acceptors (Lipinski definition) is 4. The Morgan fingerprint density at radius 1 is 0.686 bits per heavy atom. The van der Waals surface area contributed by atoms with Crippen LogP contribution < -0.4 is 10.1 Å². The lowest BCUT2D eigenvalue weighted by Crippen LogP contribution is -2.49. The number of benzene rings is 4. The zero-order valence-electron chi connectivity index (χ0n) is 25.3. The first kappa shape index (κ1) is 38.5. The molecule has 4 aromatic carbocycles. The Kier molecular flexibility index (Phi) is 10.7. The van der Waals surface area contributed by atoms with Crippen molar-refractivity contribution in [2.24, 2.45) is 0 Å². The van der Waals surface area contributed by atoms with E-state index in [1.54, 1.807) is 0 Å². The molecule has 18 heteroatoms. The third kappa shape index (κ3) is 8.54. The first-order valence-corrected chi connectivity index (χ1v) is 14.0. The summed E-state index contributed by atoms with van der Waals surface area (Å²) in [7, 11) is 1.03. The summed E-state index contributed by atoms with van der Waals surface area (Å²) in [4.78, 5) is 25.7. The van der Waals surface area contributed by atoms with Crippen LogP contribution in [0.2, 0.25) is 0 Å². The fraction of sp³-hybridized carbons (Fsp3) is 0.212. The topological polar surface area (TPSA) is 64.6 Å². The number of esters is 1. The number of rotatable bonds is 10. The molecule has 0 aliphatic carbocycles. The van der Waals surface area contributed by atoms with Gasteiger partial charge in [-0.15, -0.1) is 0 Å². The monoisotopic (exact) mass is 741 g/mol. The maximum atomic E-state index is 15.1. The summed E-state index contributed by atoms with van der Waals surface area (Å²) in [5.41, 5.74) is -9.40. The summed E-state index contributed by atoms with van der Waals surface area (Å²) in [6.45, 7) is 0. The number of amides is 1. The molecule has 0 saturated heterocycles. The van der Waals surface area contributed by atoms with E-state index in [1.807, 2.05) is 0 Å². The van der Waals surface area contributed by atoms with E-state index < -0.39 is 99.7 Å². The molecule has 0 saturated carbocycles. The van der Waals surface area contributed by atoms with Gasteiger partial charge in [0.1, 0.15) is 23.2 Å². The van der Waals surface area contributed by atoms with Gasteiger partial charge >= 0.3 is 30.9 Å². The second kappa shape index (κ2) is 14.1. The van der Waals surface area contributed by atoms with Gasteiger partial charge in [0, 0.05) is 18.1 Å². The minimum absolute atomic E-state index is 0.0374. The molecule has 0 aromatic heterocycles. The van der Waals surface area contributed by atoms with Gasteiger partial charge in [-0.25, -0.2) is 18.0 Å². The molecule has 5 nitrogen and oxygen atoms in total. The fourth-order valence-electron chi connectivity index (χ4n) is 4.97. The van der Waals surface area contributed by atoms with Crippen LogP contribution in [-0.4, -0.2) is 31.5 Å². The van der Waals surface area contributed by atoms with Crippen molar-refractivity contribution < 1.29 is 76.1 Å². The number of hydrogen-bond donors (Lipinski definition) is 1. The number of alkyl halides is 10. The fourth-order valence-corrected chi connectivity index (χ4v) is 4.97. The number of methoxy groups -OCH3 is 1.